The number of nitrogens with two attached hydrogens (primary N) is 1. The molecular formula is C7H8N2OS. The molecule has 1 atom stereocenters. The van der Waals surface area contributed by atoms with Crippen molar-refractivity contribution >= 4 is 22.9 Å². The summed E-state index contributed by atoms with van der Waals surface area (Å²) in [6.45, 7) is 1.89. The molecule has 0 amide bonds. The Morgan fingerprint density at radius 2 is 2.55 bits per heavy atom. The highest BCUT2D eigenvalue weighted by atomic mass is 32.1. The van der Waals surface area contributed by atoms with Gasteiger partial charge in [0, 0.05) is 0 Å². The third kappa shape index (κ3) is 0.991. The molecule has 0 spiro atoms. The summed E-state index contributed by atoms with van der Waals surface area (Å²) in [5.41, 5.74) is 6.43. The maximum absolute atomic E-state index is 5.58. The van der Waals surface area contributed by atoms with E-state index < -0.39 is 0 Å². The Bertz CT molecular complexity index is 305. The number of rotatable bonds is 0. The van der Waals surface area contributed by atoms with Gasteiger partial charge in [0.2, 0.25) is 5.06 Å². The average Bonchev–Trinajstić information content (AvgIpc) is 2.36. The molecule has 1 aliphatic heterocycles. The highest BCUT2D eigenvalue weighted by molar-refractivity contribution is 7.12. The van der Waals surface area contributed by atoms with Crippen LogP contribution in [0.3, 0.4) is 0 Å². The van der Waals surface area contributed by atoms with Gasteiger partial charge in [0.05, 0.1) is 0 Å². The zero-order valence-corrected chi connectivity index (χ0v) is 6.89. The van der Waals surface area contributed by atoms with E-state index in [4.69, 9.17) is 10.5 Å². The first kappa shape index (κ1) is 6.67. The summed E-state index contributed by atoms with van der Waals surface area (Å²) in [4.78, 5) is 4.17. The summed E-state index contributed by atoms with van der Waals surface area (Å²) in [6.07, 6.45) is -0.0823. The largest absolute Gasteiger partial charge is 0.471 e. The van der Waals surface area contributed by atoms with E-state index in [1.807, 2.05) is 18.4 Å². The summed E-state index contributed by atoms with van der Waals surface area (Å²) in [5, 5.41) is 2.81. The molecule has 3 nitrogen and oxygen atoms in total. The Morgan fingerprint density at radius 1 is 1.73 bits per heavy atom. The fraction of sp³-hybridized carbons (Fsp3) is 0.286. The van der Waals surface area contributed by atoms with E-state index >= 15 is 0 Å². The number of fused-ring (bicyclic) bond motifs is 1. The lowest BCUT2D eigenvalue weighted by molar-refractivity contribution is 0.290. The van der Waals surface area contributed by atoms with Gasteiger partial charge in [0.1, 0.15) is 11.5 Å². The van der Waals surface area contributed by atoms with Gasteiger partial charge in [-0.15, -0.1) is 11.3 Å². The molecule has 2 heterocycles. The number of ether oxygens (including phenoxy) is 1. The molecule has 1 aliphatic rings. The molecule has 2 N–H and O–H groups in total. The second kappa shape index (κ2) is 2.23. The highest BCUT2D eigenvalue weighted by Gasteiger charge is 2.18. The fourth-order valence-electron chi connectivity index (χ4n) is 0.911. The molecule has 11 heavy (non-hydrogen) atoms. The van der Waals surface area contributed by atoms with Crippen LogP contribution >= 0.6 is 11.3 Å². The number of thiophene rings is 1. The van der Waals surface area contributed by atoms with Crippen molar-refractivity contribution < 1.29 is 4.74 Å². The van der Waals surface area contributed by atoms with Crippen molar-refractivity contribution in [2.45, 2.75) is 13.0 Å². The molecule has 0 bridgehead atoms. The SMILES string of the molecule is CC1Oc2sccc2N=C1N. The third-order valence-electron chi connectivity index (χ3n) is 1.56. The number of hydrogen-bond donors (Lipinski definition) is 1. The summed E-state index contributed by atoms with van der Waals surface area (Å²) >= 11 is 1.55. The summed E-state index contributed by atoms with van der Waals surface area (Å²) < 4.78 is 5.45. The molecule has 58 valence electrons. The van der Waals surface area contributed by atoms with Crippen LogP contribution in [0.4, 0.5) is 5.69 Å². The third-order valence-corrected chi connectivity index (χ3v) is 2.35. The van der Waals surface area contributed by atoms with Gasteiger partial charge in [-0.05, 0) is 18.4 Å². The molecule has 0 aliphatic carbocycles. The molecule has 0 radical (unpaired) electrons. The molecule has 1 unspecified atom stereocenters. The van der Waals surface area contributed by atoms with Crippen LogP contribution in [0.1, 0.15) is 6.92 Å². The van der Waals surface area contributed by atoms with Crippen molar-refractivity contribution in [3.8, 4) is 5.06 Å². The van der Waals surface area contributed by atoms with Gasteiger partial charge in [-0.1, -0.05) is 0 Å². The first-order valence-corrected chi connectivity index (χ1v) is 4.23. The van der Waals surface area contributed by atoms with Crippen LogP contribution in [0.2, 0.25) is 0 Å². The van der Waals surface area contributed by atoms with Gasteiger partial charge in [-0.25, -0.2) is 4.99 Å². The van der Waals surface area contributed by atoms with Crippen molar-refractivity contribution in [2.75, 3.05) is 0 Å². The Morgan fingerprint density at radius 3 is 3.36 bits per heavy atom. The van der Waals surface area contributed by atoms with E-state index in [-0.39, 0.29) is 6.10 Å². The van der Waals surface area contributed by atoms with Crippen LogP contribution in [-0.4, -0.2) is 11.9 Å². The monoisotopic (exact) mass is 168 g/mol. The molecule has 4 heteroatoms. The molecule has 0 fully saturated rings. The maximum Gasteiger partial charge on any atom is 0.200 e. The summed E-state index contributed by atoms with van der Waals surface area (Å²) in [7, 11) is 0. The van der Waals surface area contributed by atoms with Crippen LogP contribution in [-0.2, 0) is 0 Å². The molecule has 0 saturated heterocycles. The van der Waals surface area contributed by atoms with E-state index in [0.29, 0.717) is 5.84 Å². The Labute approximate surface area is 68.5 Å². The number of hydrogen-bond acceptors (Lipinski definition) is 4. The second-order valence-corrected chi connectivity index (χ2v) is 3.27. The van der Waals surface area contributed by atoms with Gasteiger partial charge in [-0.3, -0.25) is 0 Å². The molecule has 0 saturated carbocycles. The van der Waals surface area contributed by atoms with Crippen molar-refractivity contribution in [1.82, 2.24) is 0 Å². The van der Waals surface area contributed by atoms with Crippen molar-refractivity contribution in [3.05, 3.63) is 11.4 Å². The maximum atomic E-state index is 5.58. The number of aliphatic imine (C=N–C) groups is 1. The van der Waals surface area contributed by atoms with Crippen LogP contribution in [0.15, 0.2) is 16.4 Å². The number of amidine groups is 1. The van der Waals surface area contributed by atoms with E-state index in [1.165, 1.54) is 0 Å². The van der Waals surface area contributed by atoms with Crippen LogP contribution in [0, 0.1) is 0 Å². The first-order chi connectivity index (χ1) is 5.27. The topological polar surface area (TPSA) is 47.6 Å². The molecular weight excluding hydrogens is 160 g/mol. The number of nitrogens with zero attached hydrogens (tertiary/aromatic N) is 1. The average molecular weight is 168 g/mol. The predicted octanol–water partition coefficient (Wildman–Crippen LogP) is 1.52. The second-order valence-electron chi connectivity index (χ2n) is 2.39. The lowest BCUT2D eigenvalue weighted by atomic mass is 10.3. The predicted molar refractivity (Wildman–Crippen MR) is 45.7 cm³/mol. The van der Waals surface area contributed by atoms with Crippen LogP contribution in [0.25, 0.3) is 0 Å². The van der Waals surface area contributed by atoms with E-state index in [2.05, 4.69) is 4.99 Å². The Balaban J connectivity index is 2.47. The van der Waals surface area contributed by atoms with Gasteiger partial charge >= 0.3 is 0 Å². The molecule has 1 aromatic rings. The molecule has 0 aromatic carbocycles. The zero-order valence-electron chi connectivity index (χ0n) is 6.07. The van der Waals surface area contributed by atoms with Gasteiger partial charge in [0.15, 0.2) is 6.10 Å². The van der Waals surface area contributed by atoms with Gasteiger partial charge in [-0.2, -0.15) is 0 Å². The van der Waals surface area contributed by atoms with E-state index in [0.717, 1.165) is 10.8 Å². The van der Waals surface area contributed by atoms with Crippen molar-refractivity contribution in [2.24, 2.45) is 10.7 Å². The van der Waals surface area contributed by atoms with Gasteiger partial charge in [0.25, 0.3) is 0 Å². The van der Waals surface area contributed by atoms with E-state index in [1.54, 1.807) is 11.3 Å². The van der Waals surface area contributed by atoms with Crippen LogP contribution < -0.4 is 10.5 Å². The molecule has 1 aromatic heterocycles. The van der Waals surface area contributed by atoms with Crippen molar-refractivity contribution in [3.63, 3.8) is 0 Å². The van der Waals surface area contributed by atoms with E-state index in [9.17, 15) is 0 Å². The minimum absolute atomic E-state index is 0.0823. The standard InChI is InChI=1S/C7H8N2OS/c1-4-6(8)9-5-2-3-11-7(5)10-4/h2-4H,1H3,(H2,8,9). The Kier molecular flexibility index (Phi) is 1.35. The van der Waals surface area contributed by atoms with Crippen LogP contribution in [0.5, 0.6) is 5.06 Å². The van der Waals surface area contributed by atoms with Crippen molar-refractivity contribution in [1.29, 1.82) is 0 Å². The minimum Gasteiger partial charge on any atom is -0.471 e. The summed E-state index contributed by atoms with van der Waals surface area (Å²) in [5.74, 6) is 0.552. The smallest absolute Gasteiger partial charge is 0.200 e. The lowest BCUT2D eigenvalue weighted by Gasteiger charge is -2.17. The fourth-order valence-corrected chi connectivity index (χ4v) is 1.67. The minimum atomic E-state index is -0.0823. The molecule has 2 rings (SSSR count). The normalized spacial score (nSPS) is 21.9. The lowest BCUT2D eigenvalue weighted by Crippen LogP contribution is -2.32. The quantitative estimate of drug-likeness (QED) is 0.638. The highest BCUT2D eigenvalue weighted by Crippen LogP contribution is 2.36. The Hall–Kier alpha value is -1.03. The first-order valence-electron chi connectivity index (χ1n) is 3.35. The zero-order chi connectivity index (χ0) is 7.84. The van der Waals surface area contributed by atoms with Gasteiger partial charge < -0.3 is 10.5 Å². The summed E-state index contributed by atoms with van der Waals surface area (Å²) in [6, 6.07) is 1.90.